The maximum atomic E-state index is 12.9. The van der Waals surface area contributed by atoms with Crippen molar-refractivity contribution in [2.75, 3.05) is 49.6 Å². The van der Waals surface area contributed by atoms with Gasteiger partial charge in [-0.05, 0) is 87.9 Å². The monoisotopic (exact) mass is 574 g/mol. The van der Waals surface area contributed by atoms with Gasteiger partial charge in [0.2, 0.25) is 0 Å². The van der Waals surface area contributed by atoms with E-state index in [9.17, 15) is 18.0 Å². The molecule has 1 aromatic carbocycles. The summed E-state index contributed by atoms with van der Waals surface area (Å²) in [5.41, 5.74) is 2.96. The van der Waals surface area contributed by atoms with Crippen molar-refractivity contribution in [3.63, 3.8) is 0 Å². The molecule has 222 valence electrons. The largest absolute Gasteiger partial charge is 0.514 e. The number of anilines is 2. The second kappa shape index (κ2) is 11.1. The molecule has 1 atom stereocenters. The average Bonchev–Trinajstić information content (AvgIpc) is 3.44. The van der Waals surface area contributed by atoms with Crippen LogP contribution in [0.2, 0.25) is 0 Å². The summed E-state index contributed by atoms with van der Waals surface area (Å²) in [6.07, 6.45) is -4.76. The fraction of sp³-hybridized carbons (Fsp3) is 0.586. The normalized spacial score (nSPS) is 22.3. The number of morpholine rings is 1. The highest BCUT2D eigenvalue weighted by Crippen LogP contribution is 2.37. The molecule has 0 radical (unpaired) electrons. The molecule has 3 fully saturated rings. The number of nitrogens with zero attached hydrogens (tertiary/aromatic N) is 3. The predicted octanol–water partition coefficient (Wildman–Crippen LogP) is 5.00. The van der Waals surface area contributed by atoms with Gasteiger partial charge in [-0.3, -0.25) is 0 Å². The van der Waals surface area contributed by atoms with Crippen molar-refractivity contribution in [2.24, 2.45) is 5.92 Å². The lowest BCUT2D eigenvalue weighted by molar-refractivity contribution is -0.143. The van der Waals surface area contributed by atoms with Crippen molar-refractivity contribution in [1.82, 2.24) is 9.88 Å². The van der Waals surface area contributed by atoms with Gasteiger partial charge in [-0.15, -0.1) is 0 Å². The van der Waals surface area contributed by atoms with Crippen LogP contribution in [-0.2, 0) is 14.0 Å². The fourth-order valence-electron chi connectivity index (χ4n) is 5.46. The maximum Gasteiger partial charge on any atom is 0.514 e. The number of likely N-dealkylation sites (tertiary alicyclic amines) is 1. The van der Waals surface area contributed by atoms with E-state index >= 15 is 0 Å². The van der Waals surface area contributed by atoms with E-state index in [-0.39, 0.29) is 6.54 Å². The minimum Gasteiger partial charge on any atom is -0.398 e. The Labute approximate surface area is 239 Å². The zero-order valence-electron chi connectivity index (χ0n) is 24.3. The van der Waals surface area contributed by atoms with Gasteiger partial charge in [-0.1, -0.05) is 6.07 Å². The molecule has 1 N–H and O–H groups in total. The van der Waals surface area contributed by atoms with Crippen molar-refractivity contribution in [3.05, 3.63) is 35.9 Å². The number of urea groups is 1. The summed E-state index contributed by atoms with van der Waals surface area (Å²) in [4.78, 5) is 21.5. The van der Waals surface area contributed by atoms with Gasteiger partial charge in [0.1, 0.15) is 5.82 Å². The molecule has 3 saturated heterocycles. The summed E-state index contributed by atoms with van der Waals surface area (Å²) in [7, 11) is -0.650. The van der Waals surface area contributed by atoms with Gasteiger partial charge in [0, 0.05) is 38.3 Å². The van der Waals surface area contributed by atoms with E-state index < -0.39 is 42.9 Å². The quantitative estimate of drug-likeness (QED) is 0.507. The lowest BCUT2D eigenvalue weighted by Crippen LogP contribution is -2.41. The van der Waals surface area contributed by atoms with E-state index in [1.807, 2.05) is 58.9 Å². The first-order chi connectivity index (χ1) is 19.2. The Kier molecular flexibility index (Phi) is 8.04. The van der Waals surface area contributed by atoms with Crippen molar-refractivity contribution < 1.29 is 32.0 Å². The van der Waals surface area contributed by atoms with E-state index in [4.69, 9.17) is 19.0 Å². The number of hydrogen-bond donors (Lipinski definition) is 1. The standard InChI is InChI=1S/C29H38BF3N4O4/c1-19-6-7-22(34-26(38)37-9-8-20(18-37)17-29(31,32)33)16-23(19)21-14-24(30-40-27(2,3)28(4,5)41-30)35-25(15-21)36-10-12-39-13-11-36/h6-7,14-16,20H,8-13,17-18H2,1-5H3,(H,34,38)/t20-/m0/s1. The van der Waals surface area contributed by atoms with Gasteiger partial charge in [0.15, 0.2) is 0 Å². The fourth-order valence-corrected chi connectivity index (χ4v) is 5.46. The van der Waals surface area contributed by atoms with E-state index in [1.165, 1.54) is 4.90 Å². The minimum atomic E-state index is -4.23. The molecular formula is C29H38BF3N4O4. The number of ether oxygens (including phenoxy) is 1. The van der Waals surface area contributed by atoms with Crippen LogP contribution < -0.4 is 15.8 Å². The number of halogens is 3. The highest BCUT2D eigenvalue weighted by Gasteiger charge is 2.52. The highest BCUT2D eigenvalue weighted by atomic mass is 19.4. The molecule has 0 saturated carbocycles. The lowest BCUT2D eigenvalue weighted by atomic mass is 9.82. The first kappa shape index (κ1) is 29.7. The molecular weight excluding hydrogens is 536 g/mol. The number of nitrogens with one attached hydrogen (secondary N) is 1. The third kappa shape index (κ3) is 6.65. The van der Waals surface area contributed by atoms with Gasteiger partial charge in [-0.25, -0.2) is 9.78 Å². The smallest absolute Gasteiger partial charge is 0.398 e. The van der Waals surface area contributed by atoms with E-state index in [0.29, 0.717) is 50.5 Å². The number of benzene rings is 1. The van der Waals surface area contributed by atoms with Crippen LogP contribution in [0.3, 0.4) is 0 Å². The number of pyridine rings is 1. The maximum absolute atomic E-state index is 12.9. The summed E-state index contributed by atoms with van der Waals surface area (Å²) < 4.78 is 56.7. The predicted molar refractivity (Wildman–Crippen MR) is 153 cm³/mol. The number of amides is 2. The Bertz CT molecular complexity index is 1270. The number of rotatable bonds is 5. The van der Waals surface area contributed by atoms with Crippen molar-refractivity contribution in [3.8, 4) is 11.1 Å². The minimum absolute atomic E-state index is 0.0920. The molecule has 0 spiro atoms. The molecule has 2 amide bonds. The van der Waals surface area contributed by atoms with Crippen LogP contribution in [0, 0.1) is 12.8 Å². The Hall–Kier alpha value is -2.83. The summed E-state index contributed by atoms with van der Waals surface area (Å²) in [6, 6.07) is 9.21. The number of carbonyl (C=O) groups is 1. The molecule has 1 aromatic heterocycles. The van der Waals surface area contributed by atoms with Crippen LogP contribution in [0.15, 0.2) is 30.3 Å². The van der Waals surface area contributed by atoms with Gasteiger partial charge >= 0.3 is 19.3 Å². The molecule has 5 rings (SSSR count). The lowest BCUT2D eigenvalue weighted by Gasteiger charge is -2.32. The second-order valence-corrected chi connectivity index (χ2v) is 12.2. The number of aryl methyl sites for hydroxylation is 1. The molecule has 41 heavy (non-hydrogen) atoms. The molecule has 0 bridgehead atoms. The Morgan fingerprint density at radius 3 is 2.41 bits per heavy atom. The van der Waals surface area contributed by atoms with Crippen molar-refractivity contribution in [1.29, 1.82) is 0 Å². The molecule has 2 aromatic rings. The molecule has 4 heterocycles. The van der Waals surface area contributed by atoms with Crippen LogP contribution in [0.25, 0.3) is 11.1 Å². The van der Waals surface area contributed by atoms with Crippen LogP contribution in [-0.4, -0.2) is 79.8 Å². The number of aromatic nitrogens is 1. The van der Waals surface area contributed by atoms with E-state index in [1.54, 1.807) is 6.07 Å². The van der Waals surface area contributed by atoms with E-state index in [0.717, 1.165) is 22.5 Å². The van der Waals surface area contributed by atoms with Crippen LogP contribution in [0.4, 0.5) is 29.5 Å². The Morgan fingerprint density at radius 2 is 1.76 bits per heavy atom. The number of carbonyl (C=O) groups excluding carboxylic acids is 1. The molecule has 3 aliphatic rings. The first-order valence-corrected chi connectivity index (χ1v) is 14.1. The summed E-state index contributed by atoms with van der Waals surface area (Å²) in [6.45, 7) is 13.0. The van der Waals surface area contributed by atoms with Crippen LogP contribution >= 0.6 is 0 Å². The molecule has 0 aliphatic carbocycles. The summed E-state index contributed by atoms with van der Waals surface area (Å²) in [5, 5.41) is 2.89. The molecule has 0 unspecified atom stereocenters. The van der Waals surface area contributed by atoms with Gasteiger partial charge < -0.3 is 29.2 Å². The van der Waals surface area contributed by atoms with Gasteiger partial charge in [0.25, 0.3) is 0 Å². The van der Waals surface area contributed by atoms with Crippen LogP contribution in [0.5, 0.6) is 0 Å². The summed E-state index contributed by atoms with van der Waals surface area (Å²) >= 11 is 0. The Balaban J connectivity index is 1.42. The first-order valence-electron chi connectivity index (χ1n) is 14.1. The number of alkyl halides is 3. The SMILES string of the molecule is Cc1ccc(NC(=O)N2CC[C@@H](CC(F)(F)F)C2)cc1-c1cc(B2OC(C)(C)C(C)(C)O2)nc(N2CCOCC2)c1. The van der Waals surface area contributed by atoms with Gasteiger partial charge in [0.05, 0.1) is 30.0 Å². The third-order valence-electron chi connectivity index (χ3n) is 8.55. The van der Waals surface area contributed by atoms with E-state index in [2.05, 4.69) is 10.2 Å². The summed E-state index contributed by atoms with van der Waals surface area (Å²) in [5.74, 6) is 0.218. The molecule has 8 nitrogen and oxygen atoms in total. The topological polar surface area (TPSA) is 76.2 Å². The van der Waals surface area contributed by atoms with Crippen molar-refractivity contribution >= 4 is 30.2 Å². The highest BCUT2D eigenvalue weighted by molar-refractivity contribution is 6.61. The zero-order valence-corrected chi connectivity index (χ0v) is 24.3. The van der Waals surface area contributed by atoms with Gasteiger partial charge in [-0.2, -0.15) is 13.2 Å². The third-order valence-corrected chi connectivity index (χ3v) is 8.55. The molecule has 3 aliphatic heterocycles. The number of hydrogen-bond acceptors (Lipinski definition) is 6. The average molecular weight is 574 g/mol. The van der Waals surface area contributed by atoms with Crippen molar-refractivity contribution in [2.45, 2.75) is 64.8 Å². The Morgan fingerprint density at radius 1 is 1.07 bits per heavy atom. The van der Waals surface area contributed by atoms with Crippen LogP contribution in [0.1, 0.15) is 46.1 Å². The second-order valence-electron chi connectivity index (χ2n) is 12.2. The molecule has 12 heteroatoms. The zero-order chi connectivity index (χ0) is 29.6.